The molecule has 3 rings (SSSR count). The van der Waals surface area contributed by atoms with Crippen LogP contribution in [0, 0.1) is 0 Å². The summed E-state index contributed by atoms with van der Waals surface area (Å²) in [6, 6.07) is 0. The summed E-state index contributed by atoms with van der Waals surface area (Å²) < 4.78 is 7.71. The zero-order chi connectivity index (χ0) is 10.8. The van der Waals surface area contributed by atoms with Crippen LogP contribution in [-0.2, 0) is 4.74 Å². The lowest BCUT2D eigenvalue weighted by molar-refractivity contribution is -0.0395. The van der Waals surface area contributed by atoms with Gasteiger partial charge in [-0.15, -0.1) is 0 Å². The summed E-state index contributed by atoms with van der Waals surface area (Å²) in [5.41, 5.74) is 2.74. The van der Waals surface area contributed by atoms with E-state index in [9.17, 15) is 0 Å². The summed E-state index contributed by atoms with van der Waals surface area (Å²) in [5, 5.41) is 4.44. The minimum absolute atomic E-state index is 0.171. The standard InChI is InChI=1S/C13H18N2O/c1-2-6-11(5-1)12-9-14-15(10-12)13-7-3-4-8-16-13/h5,9-10,13H,1-4,6-8H2. The first-order chi connectivity index (χ1) is 7.93. The summed E-state index contributed by atoms with van der Waals surface area (Å²) in [6.07, 6.45) is 13.9. The van der Waals surface area contributed by atoms with Crippen molar-refractivity contribution in [2.45, 2.75) is 44.8 Å². The molecule has 2 aliphatic rings. The Morgan fingerprint density at radius 1 is 1.31 bits per heavy atom. The molecule has 0 amide bonds. The van der Waals surface area contributed by atoms with Crippen LogP contribution >= 0.6 is 0 Å². The Kier molecular flexibility index (Phi) is 2.79. The lowest BCUT2D eigenvalue weighted by Gasteiger charge is -2.22. The van der Waals surface area contributed by atoms with Crippen LogP contribution in [0.4, 0.5) is 0 Å². The van der Waals surface area contributed by atoms with Gasteiger partial charge in [0.2, 0.25) is 0 Å². The minimum Gasteiger partial charge on any atom is -0.357 e. The zero-order valence-electron chi connectivity index (χ0n) is 9.56. The largest absolute Gasteiger partial charge is 0.357 e. The smallest absolute Gasteiger partial charge is 0.150 e. The van der Waals surface area contributed by atoms with E-state index in [1.54, 1.807) is 0 Å². The molecule has 0 N–H and O–H groups in total. The third kappa shape index (κ3) is 1.92. The highest BCUT2D eigenvalue weighted by molar-refractivity contribution is 5.65. The van der Waals surface area contributed by atoms with Crippen molar-refractivity contribution in [1.82, 2.24) is 9.78 Å². The monoisotopic (exact) mass is 218 g/mol. The topological polar surface area (TPSA) is 27.1 Å². The summed E-state index contributed by atoms with van der Waals surface area (Å²) >= 11 is 0. The van der Waals surface area contributed by atoms with E-state index in [0.29, 0.717) is 0 Å². The molecular formula is C13H18N2O. The second-order valence-electron chi connectivity index (χ2n) is 4.65. The first-order valence-electron chi connectivity index (χ1n) is 6.29. The van der Waals surface area contributed by atoms with E-state index in [-0.39, 0.29) is 6.23 Å². The molecule has 1 saturated heterocycles. The Morgan fingerprint density at radius 3 is 3.06 bits per heavy atom. The fourth-order valence-corrected chi connectivity index (χ4v) is 2.53. The van der Waals surface area contributed by atoms with E-state index in [0.717, 1.165) is 13.0 Å². The molecule has 1 atom stereocenters. The molecule has 1 aromatic heterocycles. The maximum atomic E-state index is 5.72. The molecule has 0 radical (unpaired) electrons. The third-order valence-corrected chi connectivity index (χ3v) is 3.46. The number of nitrogens with zero attached hydrogens (tertiary/aromatic N) is 2. The van der Waals surface area contributed by atoms with Gasteiger partial charge < -0.3 is 4.74 Å². The van der Waals surface area contributed by atoms with Gasteiger partial charge in [0.1, 0.15) is 6.23 Å². The van der Waals surface area contributed by atoms with E-state index < -0.39 is 0 Å². The highest BCUT2D eigenvalue weighted by Crippen LogP contribution is 2.29. The summed E-state index contributed by atoms with van der Waals surface area (Å²) in [6.45, 7) is 0.878. The van der Waals surface area contributed by atoms with Crippen molar-refractivity contribution in [3.63, 3.8) is 0 Å². The van der Waals surface area contributed by atoms with Crippen LogP contribution < -0.4 is 0 Å². The van der Waals surface area contributed by atoms with Gasteiger partial charge in [-0.2, -0.15) is 5.10 Å². The SMILES string of the molecule is C1=C(c2cnn(C3CCCCO3)c2)CCC1. The Labute approximate surface area is 96.1 Å². The van der Waals surface area contributed by atoms with Crippen molar-refractivity contribution in [3.8, 4) is 0 Å². The highest BCUT2D eigenvalue weighted by Gasteiger charge is 2.17. The average Bonchev–Trinajstić information content (AvgIpc) is 3.01. The molecule has 1 fully saturated rings. The molecule has 3 nitrogen and oxygen atoms in total. The van der Waals surface area contributed by atoms with Crippen LogP contribution in [0.15, 0.2) is 18.5 Å². The number of rotatable bonds is 2. The normalized spacial score (nSPS) is 25.8. The zero-order valence-corrected chi connectivity index (χ0v) is 9.56. The van der Waals surface area contributed by atoms with Crippen molar-refractivity contribution in [1.29, 1.82) is 0 Å². The summed E-state index contributed by atoms with van der Waals surface area (Å²) in [7, 11) is 0. The molecule has 0 aromatic carbocycles. The predicted molar refractivity (Wildman–Crippen MR) is 62.9 cm³/mol. The molecule has 1 aliphatic carbocycles. The highest BCUT2D eigenvalue weighted by atomic mass is 16.5. The number of hydrogen-bond acceptors (Lipinski definition) is 2. The molecule has 86 valence electrons. The van der Waals surface area contributed by atoms with Gasteiger partial charge in [-0.1, -0.05) is 6.08 Å². The Hall–Kier alpha value is -1.09. The van der Waals surface area contributed by atoms with Crippen LogP contribution in [0.2, 0.25) is 0 Å². The molecule has 1 aliphatic heterocycles. The molecule has 0 spiro atoms. The Balaban J connectivity index is 1.76. The van der Waals surface area contributed by atoms with Gasteiger partial charge in [0.05, 0.1) is 6.20 Å². The van der Waals surface area contributed by atoms with E-state index in [1.807, 2.05) is 10.9 Å². The second-order valence-corrected chi connectivity index (χ2v) is 4.65. The second kappa shape index (κ2) is 4.42. The fraction of sp³-hybridized carbons (Fsp3) is 0.615. The molecule has 0 bridgehead atoms. The van der Waals surface area contributed by atoms with Crippen LogP contribution in [0.5, 0.6) is 0 Å². The van der Waals surface area contributed by atoms with Crippen LogP contribution in [0.3, 0.4) is 0 Å². The first kappa shape index (κ1) is 10.1. The van der Waals surface area contributed by atoms with Crippen LogP contribution in [-0.4, -0.2) is 16.4 Å². The molecule has 2 heterocycles. The van der Waals surface area contributed by atoms with Crippen LogP contribution in [0.25, 0.3) is 5.57 Å². The van der Waals surface area contributed by atoms with Gasteiger partial charge in [0, 0.05) is 18.4 Å². The Morgan fingerprint density at radius 2 is 2.31 bits per heavy atom. The first-order valence-corrected chi connectivity index (χ1v) is 6.29. The number of aromatic nitrogens is 2. The molecule has 1 unspecified atom stereocenters. The summed E-state index contributed by atoms with van der Waals surface area (Å²) in [5.74, 6) is 0. The molecule has 0 saturated carbocycles. The van der Waals surface area contributed by atoms with Gasteiger partial charge in [-0.05, 0) is 44.1 Å². The van der Waals surface area contributed by atoms with Gasteiger partial charge in [0.15, 0.2) is 0 Å². The van der Waals surface area contributed by atoms with Crippen molar-refractivity contribution in [3.05, 3.63) is 24.0 Å². The number of ether oxygens (including phenoxy) is 1. The average molecular weight is 218 g/mol. The van der Waals surface area contributed by atoms with Gasteiger partial charge in [0.25, 0.3) is 0 Å². The minimum atomic E-state index is 0.171. The van der Waals surface area contributed by atoms with Crippen molar-refractivity contribution >= 4 is 5.57 Å². The molecule has 1 aromatic rings. The van der Waals surface area contributed by atoms with Gasteiger partial charge in [-0.3, -0.25) is 0 Å². The van der Waals surface area contributed by atoms with E-state index >= 15 is 0 Å². The summed E-state index contributed by atoms with van der Waals surface area (Å²) in [4.78, 5) is 0. The lowest BCUT2D eigenvalue weighted by Crippen LogP contribution is -2.18. The number of allylic oxidation sites excluding steroid dienone is 2. The van der Waals surface area contributed by atoms with Crippen LogP contribution in [0.1, 0.15) is 50.3 Å². The van der Waals surface area contributed by atoms with Crippen molar-refractivity contribution in [2.75, 3.05) is 6.61 Å². The van der Waals surface area contributed by atoms with E-state index in [1.165, 1.54) is 43.2 Å². The quantitative estimate of drug-likeness (QED) is 0.762. The van der Waals surface area contributed by atoms with E-state index in [2.05, 4.69) is 17.4 Å². The molecule has 16 heavy (non-hydrogen) atoms. The van der Waals surface area contributed by atoms with Crippen molar-refractivity contribution in [2.24, 2.45) is 0 Å². The number of hydrogen-bond donors (Lipinski definition) is 0. The maximum Gasteiger partial charge on any atom is 0.150 e. The Bertz CT molecular complexity index is 388. The predicted octanol–water partition coefficient (Wildman–Crippen LogP) is 3.15. The van der Waals surface area contributed by atoms with Gasteiger partial charge in [-0.25, -0.2) is 4.68 Å². The molecule has 3 heteroatoms. The maximum absolute atomic E-state index is 5.72. The van der Waals surface area contributed by atoms with Crippen molar-refractivity contribution < 1.29 is 4.74 Å². The fourth-order valence-electron chi connectivity index (χ4n) is 2.53. The lowest BCUT2D eigenvalue weighted by atomic mass is 10.1. The van der Waals surface area contributed by atoms with Gasteiger partial charge >= 0.3 is 0 Å². The third-order valence-electron chi connectivity index (χ3n) is 3.46. The molecular weight excluding hydrogens is 200 g/mol. The van der Waals surface area contributed by atoms with E-state index in [4.69, 9.17) is 4.74 Å².